The van der Waals surface area contributed by atoms with Gasteiger partial charge in [-0.05, 0) is 14.0 Å². The molecule has 1 N–H and O–H groups in total. The third-order valence-corrected chi connectivity index (χ3v) is 1.94. The molecule has 1 aromatic rings. The molecule has 16 heavy (non-hydrogen) atoms. The van der Waals surface area contributed by atoms with Gasteiger partial charge in [-0.15, -0.1) is 0 Å². The number of aromatic nitrogens is 1. The summed E-state index contributed by atoms with van der Waals surface area (Å²) in [6.07, 6.45) is -5.46. The van der Waals surface area contributed by atoms with Gasteiger partial charge < -0.3 is 9.52 Å². The number of rotatable bonds is 4. The zero-order valence-electron chi connectivity index (χ0n) is 8.95. The van der Waals surface area contributed by atoms with Gasteiger partial charge in [-0.25, -0.2) is 4.98 Å². The van der Waals surface area contributed by atoms with Gasteiger partial charge in [-0.3, -0.25) is 4.90 Å². The lowest BCUT2D eigenvalue weighted by atomic mass is 10.3. The minimum atomic E-state index is -4.60. The molecule has 0 aromatic carbocycles. The van der Waals surface area contributed by atoms with Crippen molar-refractivity contribution in [2.45, 2.75) is 25.7 Å². The highest BCUT2D eigenvalue weighted by Gasteiger charge is 2.38. The van der Waals surface area contributed by atoms with Gasteiger partial charge in [-0.2, -0.15) is 13.2 Å². The van der Waals surface area contributed by atoms with Crippen LogP contribution in [0.4, 0.5) is 13.2 Å². The number of aliphatic hydroxyl groups excluding tert-OH is 1. The van der Waals surface area contributed by atoms with Crippen LogP contribution in [0.15, 0.2) is 10.6 Å². The van der Waals surface area contributed by atoms with E-state index in [2.05, 4.69) is 4.98 Å². The van der Waals surface area contributed by atoms with Crippen LogP contribution in [-0.2, 0) is 6.54 Å². The van der Waals surface area contributed by atoms with Crippen molar-refractivity contribution >= 4 is 0 Å². The number of hydrogen-bond donors (Lipinski definition) is 1. The van der Waals surface area contributed by atoms with Crippen molar-refractivity contribution in [3.63, 3.8) is 0 Å². The van der Waals surface area contributed by atoms with E-state index in [-0.39, 0.29) is 6.54 Å². The van der Waals surface area contributed by atoms with Crippen LogP contribution in [0.5, 0.6) is 0 Å². The molecule has 92 valence electrons. The normalized spacial score (nSPS) is 14.4. The zero-order valence-corrected chi connectivity index (χ0v) is 8.95. The van der Waals surface area contributed by atoms with E-state index in [1.165, 1.54) is 18.1 Å². The van der Waals surface area contributed by atoms with Crippen molar-refractivity contribution in [3.8, 4) is 0 Å². The summed E-state index contributed by atoms with van der Waals surface area (Å²) in [6.45, 7) is 1.31. The average Bonchev–Trinajstić information content (AvgIpc) is 2.49. The fourth-order valence-corrected chi connectivity index (χ4v) is 1.17. The molecule has 0 aliphatic heterocycles. The molecule has 4 nitrogen and oxygen atoms in total. The van der Waals surface area contributed by atoms with E-state index in [0.29, 0.717) is 11.7 Å². The van der Waals surface area contributed by atoms with Crippen molar-refractivity contribution in [2.75, 3.05) is 13.6 Å². The molecule has 1 heterocycles. The van der Waals surface area contributed by atoms with Gasteiger partial charge in [-0.1, -0.05) is 0 Å². The van der Waals surface area contributed by atoms with E-state index in [9.17, 15) is 13.2 Å². The molecule has 0 fully saturated rings. The number of nitrogens with zero attached hydrogens (tertiary/aromatic N) is 2. The highest BCUT2D eigenvalue weighted by atomic mass is 19.4. The Morgan fingerprint density at radius 1 is 1.56 bits per heavy atom. The van der Waals surface area contributed by atoms with E-state index >= 15 is 0 Å². The molecule has 0 saturated heterocycles. The molecule has 7 heteroatoms. The van der Waals surface area contributed by atoms with Gasteiger partial charge in [0.25, 0.3) is 0 Å². The highest BCUT2D eigenvalue weighted by Crippen LogP contribution is 2.20. The van der Waals surface area contributed by atoms with Crippen molar-refractivity contribution in [2.24, 2.45) is 0 Å². The summed E-state index contributed by atoms with van der Waals surface area (Å²) >= 11 is 0. The maximum Gasteiger partial charge on any atom is 0.415 e. The fourth-order valence-electron chi connectivity index (χ4n) is 1.17. The average molecular weight is 238 g/mol. The van der Waals surface area contributed by atoms with Crippen LogP contribution in [0.3, 0.4) is 0 Å². The van der Waals surface area contributed by atoms with Crippen LogP contribution in [0.1, 0.15) is 11.7 Å². The number of halogens is 3. The molecule has 1 aromatic heterocycles. The Balaban J connectivity index is 2.45. The van der Waals surface area contributed by atoms with Gasteiger partial charge in [0.15, 0.2) is 6.10 Å². The largest absolute Gasteiger partial charge is 0.445 e. The molecule has 0 spiro atoms. The first-order chi connectivity index (χ1) is 7.29. The summed E-state index contributed by atoms with van der Waals surface area (Å²) in [4.78, 5) is 5.15. The molecule has 0 aliphatic carbocycles. The second-order valence-corrected chi connectivity index (χ2v) is 3.62. The summed E-state index contributed by atoms with van der Waals surface area (Å²) in [7, 11) is 1.45. The molecule has 1 unspecified atom stereocenters. The third-order valence-electron chi connectivity index (χ3n) is 1.94. The predicted octanol–water partition coefficient (Wildman–Crippen LogP) is 1.34. The molecule has 1 atom stereocenters. The Kier molecular flexibility index (Phi) is 3.93. The second-order valence-electron chi connectivity index (χ2n) is 3.62. The van der Waals surface area contributed by atoms with Crippen LogP contribution >= 0.6 is 0 Å². The summed E-state index contributed by atoms with van der Waals surface area (Å²) in [5.41, 5.74) is 0. The van der Waals surface area contributed by atoms with E-state index in [1.807, 2.05) is 0 Å². The maximum absolute atomic E-state index is 12.0. The van der Waals surface area contributed by atoms with Crippen LogP contribution in [0.25, 0.3) is 0 Å². The lowest BCUT2D eigenvalue weighted by molar-refractivity contribution is -0.207. The predicted molar refractivity (Wildman–Crippen MR) is 49.6 cm³/mol. The Labute approximate surface area is 90.7 Å². The number of hydrogen-bond acceptors (Lipinski definition) is 4. The number of aliphatic hydroxyl groups is 1. The SMILES string of the molecule is Cc1cnc(CN(C)CC(O)C(F)(F)F)o1. The van der Waals surface area contributed by atoms with Crippen molar-refractivity contribution in [3.05, 3.63) is 17.8 Å². The Bertz CT molecular complexity index is 338. The quantitative estimate of drug-likeness (QED) is 0.859. The Morgan fingerprint density at radius 3 is 2.62 bits per heavy atom. The molecule has 0 saturated carbocycles. The number of aryl methyl sites for hydroxylation is 1. The highest BCUT2D eigenvalue weighted by molar-refractivity contribution is 4.90. The maximum atomic E-state index is 12.0. The third kappa shape index (κ3) is 3.82. The number of likely N-dealkylation sites (N-methyl/N-ethyl adjacent to an activating group) is 1. The Hall–Kier alpha value is -1.08. The standard InChI is InChI=1S/C9H13F3N2O2/c1-6-3-13-8(16-6)5-14(2)4-7(15)9(10,11)12/h3,7,15H,4-5H2,1-2H3. The minimum Gasteiger partial charge on any atom is -0.445 e. The van der Waals surface area contributed by atoms with E-state index < -0.39 is 18.8 Å². The summed E-state index contributed by atoms with van der Waals surface area (Å²) in [6, 6.07) is 0. The lowest BCUT2D eigenvalue weighted by Crippen LogP contribution is -2.39. The topological polar surface area (TPSA) is 49.5 Å². The lowest BCUT2D eigenvalue weighted by Gasteiger charge is -2.20. The molecule has 0 aliphatic rings. The first-order valence-corrected chi connectivity index (χ1v) is 4.63. The van der Waals surface area contributed by atoms with Crippen molar-refractivity contribution < 1.29 is 22.7 Å². The second kappa shape index (κ2) is 4.84. The summed E-state index contributed by atoms with van der Waals surface area (Å²) in [5, 5.41) is 8.82. The molecule has 0 radical (unpaired) electrons. The fraction of sp³-hybridized carbons (Fsp3) is 0.667. The van der Waals surface area contributed by atoms with E-state index in [0.717, 1.165) is 0 Å². The first kappa shape index (κ1) is 13.0. The molecule has 0 bridgehead atoms. The van der Waals surface area contributed by atoms with Gasteiger partial charge in [0.1, 0.15) is 5.76 Å². The monoisotopic (exact) mass is 238 g/mol. The minimum absolute atomic E-state index is 0.126. The van der Waals surface area contributed by atoms with Crippen LogP contribution in [0.2, 0.25) is 0 Å². The summed E-state index contributed by atoms with van der Waals surface area (Å²) < 4.78 is 41.2. The van der Waals surface area contributed by atoms with E-state index in [4.69, 9.17) is 9.52 Å². The van der Waals surface area contributed by atoms with Crippen LogP contribution in [-0.4, -0.2) is 40.9 Å². The molecular formula is C9H13F3N2O2. The molecule has 0 amide bonds. The smallest absolute Gasteiger partial charge is 0.415 e. The molecular weight excluding hydrogens is 225 g/mol. The number of oxazole rings is 1. The Morgan fingerprint density at radius 2 is 2.19 bits per heavy atom. The van der Waals surface area contributed by atoms with E-state index in [1.54, 1.807) is 6.92 Å². The van der Waals surface area contributed by atoms with Gasteiger partial charge >= 0.3 is 6.18 Å². The van der Waals surface area contributed by atoms with Crippen molar-refractivity contribution in [1.29, 1.82) is 0 Å². The summed E-state index contributed by atoms with van der Waals surface area (Å²) in [5.74, 6) is 0.925. The van der Waals surface area contributed by atoms with Gasteiger partial charge in [0, 0.05) is 6.54 Å². The van der Waals surface area contributed by atoms with Crippen LogP contribution in [0, 0.1) is 6.92 Å². The van der Waals surface area contributed by atoms with Crippen molar-refractivity contribution in [1.82, 2.24) is 9.88 Å². The number of alkyl halides is 3. The zero-order chi connectivity index (χ0) is 12.3. The van der Waals surface area contributed by atoms with Gasteiger partial charge in [0.05, 0.1) is 12.7 Å². The first-order valence-electron chi connectivity index (χ1n) is 4.63. The van der Waals surface area contributed by atoms with Gasteiger partial charge in [0.2, 0.25) is 5.89 Å². The molecule has 1 rings (SSSR count). The van der Waals surface area contributed by atoms with Crippen LogP contribution < -0.4 is 0 Å².